The van der Waals surface area contributed by atoms with E-state index in [1.54, 1.807) is 24.3 Å². The van der Waals surface area contributed by atoms with Gasteiger partial charge in [-0.2, -0.15) is 0 Å². The molecule has 0 saturated carbocycles. The predicted molar refractivity (Wildman–Crippen MR) is 86.3 cm³/mol. The molecule has 0 radical (unpaired) electrons. The molecular formula is C15H11ClN2O2S. The molecule has 3 rings (SSSR count). The van der Waals surface area contributed by atoms with E-state index in [-0.39, 0.29) is 5.56 Å². The van der Waals surface area contributed by atoms with Crippen molar-refractivity contribution >= 4 is 34.7 Å². The first kappa shape index (κ1) is 13.9. The molecule has 6 heteroatoms. The van der Waals surface area contributed by atoms with Crippen LogP contribution in [-0.2, 0) is 0 Å². The van der Waals surface area contributed by atoms with E-state index in [1.807, 2.05) is 18.2 Å². The maximum atomic E-state index is 12.6. The summed E-state index contributed by atoms with van der Waals surface area (Å²) in [4.78, 5) is 15.7. The van der Waals surface area contributed by atoms with E-state index < -0.39 is 0 Å². The van der Waals surface area contributed by atoms with Crippen LogP contribution in [0.15, 0.2) is 47.3 Å². The smallest absolute Gasteiger partial charge is 0.266 e. The first-order chi connectivity index (χ1) is 10.1. The molecule has 0 spiro atoms. The van der Waals surface area contributed by atoms with Gasteiger partial charge in [0.15, 0.2) is 4.77 Å². The Morgan fingerprint density at radius 3 is 2.76 bits per heavy atom. The molecule has 1 aromatic heterocycles. The van der Waals surface area contributed by atoms with E-state index >= 15 is 0 Å². The summed E-state index contributed by atoms with van der Waals surface area (Å²) in [5, 5.41) is 1.05. The molecule has 3 aromatic rings. The van der Waals surface area contributed by atoms with Crippen LogP contribution in [0.5, 0.6) is 5.75 Å². The Bertz CT molecular complexity index is 946. The Kier molecular flexibility index (Phi) is 3.53. The number of para-hydroxylation sites is 1. The van der Waals surface area contributed by atoms with Crippen LogP contribution in [0, 0.1) is 4.77 Å². The number of nitrogens with zero attached hydrogens (tertiary/aromatic N) is 1. The van der Waals surface area contributed by atoms with Crippen LogP contribution in [0.25, 0.3) is 16.6 Å². The number of rotatable bonds is 2. The second-order valence-electron chi connectivity index (χ2n) is 4.44. The van der Waals surface area contributed by atoms with Gasteiger partial charge in [0.05, 0.1) is 28.7 Å². The highest BCUT2D eigenvalue weighted by Crippen LogP contribution is 2.26. The highest BCUT2D eigenvalue weighted by atomic mass is 35.5. The fraction of sp³-hybridized carbons (Fsp3) is 0.0667. The molecule has 0 amide bonds. The maximum Gasteiger partial charge on any atom is 0.266 e. The van der Waals surface area contributed by atoms with Crippen molar-refractivity contribution in [2.45, 2.75) is 0 Å². The van der Waals surface area contributed by atoms with E-state index in [2.05, 4.69) is 4.98 Å². The third-order valence-electron chi connectivity index (χ3n) is 3.20. The highest BCUT2D eigenvalue weighted by molar-refractivity contribution is 7.71. The standard InChI is InChI=1S/C15H11ClN2O2S/c1-20-13-8-9(6-7-11(13)16)18-14(19)10-4-2-3-5-12(10)17-15(18)21/h2-8H,1H3,(H,17,21). The van der Waals surface area contributed by atoms with Crippen molar-refractivity contribution in [2.24, 2.45) is 0 Å². The SMILES string of the molecule is COc1cc(-n2c(=S)[nH]c3ccccc3c2=O)ccc1Cl. The van der Waals surface area contributed by atoms with Gasteiger partial charge in [0, 0.05) is 6.07 Å². The third kappa shape index (κ3) is 2.34. The zero-order valence-electron chi connectivity index (χ0n) is 11.1. The first-order valence-corrected chi connectivity index (χ1v) is 6.98. The average molecular weight is 319 g/mol. The fourth-order valence-corrected chi connectivity index (χ4v) is 2.68. The topological polar surface area (TPSA) is 47.0 Å². The van der Waals surface area contributed by atoms with Gasteiger partial charge in [0.2, 0.25) is 0 Å². The van der Waals surface area contributed by atoms with Crippen molar-refractivity contribution in [3.8, 4) is 11.4 Å². The summed E-state index contributed by atoms with van der Waals surface area (Å²) < 4.78 is 6.93. The lowest BCUT2D eigenvalue weighted by atomic mass is 10.2. The van der Waals surface area contributed by atoms with E-state index in [0.717, 1.165) is 0 Å². The minimum absolute atomic E-state index is 0.182. The van der Waals surface area contributed by atoms with Crippen molar-refractivity contribution < 1.29 is 4.74 Å². The average Bonchev–Trinajstić information content (AvgIpc) is 2.49. The summed E-state index contributed by atoms with van der Waals surface area (Å²) in [6.07, 6.45) is 0. The lowest BCUT2D eigenvalue weighted by Crippen LogP contribution is -2.20. The number of aromatic amines is 1. The van der Waals surface area contributed by atoms with Gasteiger partial charge >= 0.3 is 0 Å². The zero-order valence-corrected chi connectivity index (χ0v) is 12.7. The van der Waals surface area contributed by atoms with Crippen LogP contribution in [0.2, 0.25) is 5.02 Å². The lowest BCUT2D eigenvalue weighted by molar-refractivity contribution is 0.415. The summed E-state index contributed by atoms with van der Waals surface area (Å²) >= 11 is 11.3. The number of fused-ring (bicyclic) bond motifs is 1. The van der Waals surface area contributed by atoms with E-state index in [0.29, 0.717) is 32.1 Å². The molecule has 1 heterocycles. The molecule has 0 bridgehead atoms. The van der Waals surface area contributed by atoms with Gasteiger partial charge in [0.25, 0.3) is 5.56 Å². The molecule has 2 aromatic carbocycles. The highest BCUT2D eigenvalue weighted by Gasteiger charge is 2.09. The minimum Gasteiger partial charge on any atom is -0.495 e. The number of nitrogens with one attached hydrogen (secondary N) is 1. The largest absolute Gasteiger partial charge is 0.495 e. The van der Waals surface area contributed by atoms with Crippen LogP contribution >= 0.6 is 23.8 Å². The van der Waals surface area contributed by atoms with E-state index in [1.165, 1.54) is 11.7 Å². The molecule has 4 nitrogen and oxygen atoms in total. The minimum atomic E-state index is -0.182. The molecule has 0 fully saturated rings. The molecule has 0 aliphatic carbocycles. The van der Waals surface area contributed by atoms with Gasteiger partial charge in [-0.3, -0.25) is 9.36 Å². The second kappa shape index (κ2) is 5.35. The van der Waals surface area contributed by atoms with Crippen molar-refractivity contribution in [3.63, 3.8) is 0 Å². The predicted octanol–water partition coefficient (Wildman–Crippen LogP) is 3.71. The quantitative estimate of drug-likeness (QED) is 0.733. The summed E-state index contributed by atoms with van der Waals surface area (Å²) in [7, 11) is 1.52. The number of halogens is 1. The Morgan fingerprint density at radius 1 is 1.24 bits per heavy atom. The number of ether oxygens (including phenoxy) is 1. The number of hydrogen-bond donors (Lipinski definition) is 1. The lowest BCUT2D eigenvalue weighted by Gasteiger charge is -2.10. The van der Waals surface area contributed by atoms with Crippen LogP contribution in [0.1, 0.15) is 0 Å². The fourth-order valence-electron chi connectivity index (χ4n) is 2.18. The number of methoxy groups -OCH3 is 1. The maximum absolute atomic E-state index is 12.6. The summed E-state index contributed by atoms with van der Waals surface area (Å²) in [6.45, 7) is 0. The molecule has 0 aliphatic rings. The summed E-state index contributed by atoms with van der Waals surface area (Å²) in [5.41, 5.74) is 1.14. The van der Waals surface area contributed by atoms with Crippen molar-refractivity contribution in [1.82, 2.24) is 9.55 Å². The first-order valence-electron chi connectivity index (χ1n) is 6.20. The van der Waals surface area contributed by atoms with Gasteiger partial charge in [0.1, 0.15) is 5.75 Å². The Morgan fingerprint density at radius 2 is 2.00 bits per heavy atom. The number of hydrogen-bond acceptors (Lipinski definition) is 3. The normalized spacial score (nSPS) is 10.8. The Balaban J connectivity index is 2.35. The Hall–Kier alpha value is -2.11. The van der Waals surface area contributed by atoms with Crippen molar-refractivity contribution in [3.05, 3.63) is 62.6 Å². The molecule has 0 aliphatic heterocycles. The van der Waals surface area contributed by atoms with Gasteiger partial charge in [-0.25, -0.2) is 0 Å². The number of aromatic nitrogens is 2. The summed E-state index contributed by atoms with van der Waals surface area (Å²) in [5.74, 6) is 0.489. The summed E-state index contributed by atoms with van der Waals surface area (Å²) in [6, 6.07) is 12.3. The van der Waals surface area contributed by atoms with Crippen LogP contribution in [-0.4, -0.2) is 16.7 Å². The van der Waals surface area contributed by atoms with Crippen LogP contribution in [0.4, 0.5) is 0 Å². The molecule has 0 unspecified atom stereocenters. The van der Waals surface area contributed by atoms with Crippen molar-refractivity contribution in [2.75, 3.05) is 7.11 Å². The van der Waals surface area contributed by atoms with Gasteiger partial charge < -0.3 is 9.72 Å². The molecular weight excluding hydrogens is 308 g/mol. The number of H-pyrrole nitrogens is 1. The molecule has 0 saturated heterocycles. The van der Waals surface area contributed by atoms with Crippen LogP contribution < -0.4 is 10.3 Å². The van der Waals surface area contributed by atoms with E-state index in [4.69, 9.17) is 28.6 Å². The Labute approximate surface area is 130 Å². The number of benzene rings is 2. The molecule has 21 heavy (non-hydrogen) atoms. The van der Waals surface area contributed by atoms with E-state index in [9.17, 15) is 4.79 Å². The van der Waals surface area contributed by atoms with Crippen LogP contribution in [0.3, 0.4) is 0 Å². The van der Waals surface area contributed by atoms with Gasteiger partial charge in [-0.1, -0.05) is 23.7 Å². The zero-order chi connectivity index (χ0) is 15.0. The molecule has 1 N–H and O–H groups in total. The third-order valence-corrected chi connectivity index (χ3v) is 3.80. The molecule has 0 atom stereocenters. The van der Waals surface area contributed by atoms with Crippen molar-refractivity contribution in [1.29, 1.82) is 0 Å². The van der Waals surface area contributed by atoms with Gasteiger partial charge in [-0.15, -0.1) is 0 Å². The van der Waals surface area contributed by atoms with Gasteiger partial charge in [-0.05, 0) is 36.5 Å². The molecule has 106 valence electrons. The second-order valence-corrected chi connectivity index (χ2v) is 5.23. The monoisotopic (exact) mass is 318 g/mol.